The summed E-state index contributed by atoms with van der Waals surface area (Å²) in [5, 5.41) is 3.55. The van der Waals surface area contributed by atoms with Gasteiger partial charge in [-0.2, -0.15) is 0 Å². The summed E-state index contributed by atoms with van der Waals surface area (Å²) in [5.41, 5.74) is 1.05. The van der Waals surface area contributed by atoms with Crippen LogP contribution in [0, 0.1) is 0 Å². The molecule has 1 saturated heterocycles. The van der Waals surface area contributed by atoms with Crippen LogP contribution in [0.3, 0.4) is 0 Å². The standard InChI is InChI=1S/C14H23N3O/c1-2-7-16-13(14-11-15-8-9-17-14)6-5-12-4-3-10-18-12/h8-9,11-13,16H,2-7,10H2,1H3. The van der Waals surface area contributed by atoms with Gasteiger partial charge >= 0.3 is 0 Å². The zero-order valence-corrected chi connectivity index (χ0v) is 11.1. The third kappa shape index (κ3) is 4.03. The van der Waals surface area contributed by atoms with Gasteiger partial charge in [0, 0.05) is 25.2 Å². The van der Waals surface area contributed by atoms with Crippen molar-refractivity contribution in [1.29, 1.82) is 0 Å². The van der Waals surface area contributed by atoms with E-state index in [9.17, 15) is 0 Å². The van der Waals surface area contributed by atoms with Gasteiger partial charge < -0.3 is 10.1 Å². The maximum atomic E-state index is 5.68. The molecule has 1 N–H and O–H groups in total. The van der Waals surface area contributed by atoms with Crippen molar-refractivity contribution in [2.24, 2.45) is 0 Å². The molecule has 0 saturated carbocycles. The second kappa shape index (κ2) is 7.44. The van der Waals surface area contributed by atoms with Crippen molar-refractivity contribution in [3.05, 3.63) is 24.3 Å². The van der Waals surface area contributed by atoms with Crippen molar-refractivity contribution in [2.45, 2.75) is 51.2 Å². The molecule has 1 fully saturated rings. The summed E-state index contributed by atoms with van der Waals surface area (Å²) in [4.78, 5) is 8.57. The van der Waals surface area contributed by atoms with Crippen LogP contribution in [0.15, 0.2) is 18.6 Å². The molecule has 0 spiro atoms. The average molecular weight is 249 g/mol. The van der Waals surface area contributed by atoms with E-state index in [1.165, 1.54) is 12.8 Å². The summed E-state index contributed by atoms with van der Waals surface area (Å²) >= 11 is 0. The molecule has 1 aromatic rings. The van der Waals surface area contributed by atoms with Crippen LogP contribution in [0.5, 0.6) is 0 Å². The monoisotopic (exact) mass is 249 g/mol. The van der Waals surface area contributed by atoms with Gasteiger partial charge in [-0.3, -0.25) is 9.97 Å². The van der Waals surface area contributed by atoms with Gasteiger partial charge in [0.2, 0.25) is 0 Å². The summed E-state index contributed by atoms with van der Waals surface area (Å²) in [7, 11) is 0. The highest BCUT2D eigenvalue weighted by molar-refractivity contribution is 5.02. The van der Waals surface area contributed by atoms with E-state index in [2.05, 4.69) is 22.2 Å². The van der Waals surface area contributed by atoms with Crippen molar-refractivity contribution in [3.63, 3.8) is 0 Å². The van der Waals surface area contributed by atoms with Gasteiger partial charge in [0.1, 0.15) is 0 Å². The van der Waals surface area contributed by atoms with Gasteiger partial charge in [-0.1, -0.05) is 6.92 Å². The lowest BCUT2D eigenvalue weighted by Gasteiger charge is -2.19. The normalized spacial score (nSPS) is 21.1. The first kappa shape index (κ1) is 13.4. The van der Waals surface area contributed by atoms with Gasteiger partial charge in [-0.15, -0.1) is 0 Å². The van der Waals surface area contributed by atoms with E-state index in [0.29, 0.717) is 12.1 Å². The second-order valence-electron chi connectivity index (χ2n) is 4.85. The van der Waals surface area contributed by atoms with Crippen molar-refractivity contribution >= 4 is 0 Å². The Labute approximate surface area is 109 Å². The van der Waals surface area contributed by atoms with Gasteiger partial charge in [-0.05, 0) is 38.6 Å². The molecule has 1 aliphatic rings. The maximum Gasteiger partial charge on any atom is 0.0756 e. The molecule has 0 bridgehead atoms. The molecule has 2 heterocycles. The topological polar surface area (TPSA) is 47.0 Å². The molecule has 0 aromatic carbocycles. The molecular weight excluding hydrogens is 226 g/mol. The predicted octanol–water partition coefficient (Wildman–Crippen LogP) is 2.48. The molecule has 0 amide bonds. The van der Waals surface area contributed by atoms with E-state index in [0.717, 1.165) is 38.1 Å². The van der Waals surface area contributed by atoms with E-state index < -0.39 is 0 Å². The van der Waals surface area contributed by atoms with Crippen LogP contribution in [0.2, 0.25) is 0 Å². The fourth-order valence-corrected chi connectivity index (χ4v) is 2.39. The molecular formula is C14H23N3O. The average Bonchev–Trinajstić information content (AvgIpc) is 2.93. The molecule has 2 unspecified atom stereocenters. The summed E-state index contributed by atoms with van der Waals surface area (Å²) in [6, 6.07) is 0.308. The van der Waals surface area contributed by atoms with Gasteiger partial charge in [0.25, 0.3) is 0 Å². The highest BCUT2D eigenvalue weighted by Gasteiger charge is 2.19. The minimum Gasteiger partial charge on any atom is -0.378 e. The molecule has 0 radical (unpaired) electrons. The summed E-state index contributed by atoms with van der Waals surface area (Å²) in [5.74, 6) is 0. The minimum absolute atomic E-state index is 0.308. The Balaban J connectivity index is 1.87. The molecule has 1 aliphatic heterocycles. The van der Waals surface area contributed by atoms with E-state index in [-0.39, 0.29) is 0 Å². The van der Waals surface area contributed by atoms with E-state index >= 15 is 0 Å². The lowest BCUT2D eigenvalue weighted by molar-refractivity contribution is 0.0994. The lowest BCUT2D eigenvalue weighted by Crippen LogP contribution is -2.24. The zero-order chi connectivity index (χ0) is 12.6. The first-order valence-corrected chi connectivity index (χ1v) is 7.01. The highest BCUT2D eigenvalue weighted by atomic mass is 16.5. The first-order chi connectivity index (χ1) is 8.90. The van der Waals surface area contributed by atoms with Gasteiger partial charge in [0.05, 0.1) is 17.8 Å². The van der Waals surface area contributed by atoms with Crippen molar-refractivity contribution in [3.8, 4) is 0 Å². The smallest absolute Gasteiger partial charge is 0.0756 e. The van der Waals surface area contributed by atoms with Crippen LogP contribution in [-0.2, 0) is 4.74 Å². The Bertz CT molecular complexity index is 325. The van der Waals surface area contributed by atoms with Gasteiger partial charge in [0.15, 0.2) is 0 Å². The molecule has 4 heteroatoms. The lowest BCUT2D eigenvalue weighted by atomic mass is 10.0. The Morgan fingerprint density at radius 1 is 1.50 bits per heavy atom. The molecule has 1 aromatic heterocycles. The van der Waals surface area contributed by atoms with Crippen molar-refractivity contribution in [2.75, 3.05) is 13.2 Å². The SMILES string of the molecule is CCCNC(CCC1CCCO1)c1cnccn1. The van der Waals surface area contributed by atoms with Crippen LogP contribution >= 0.6 is 0 Å². The van der Waals surface area contributed by atoms with E-state index in [1.807, 2.05) is 6.20 Å². The fourth-order valence-electron chi connectivity index (χ4n) is 2.39. The molecule has 0 aliphatic carbocycles. The number of nitrogens with one attached hydrogen (secondary N) is 1. The number of nitrogens with zero attached hydrogens (tertiary/aromatic N) is 2. The minimum atomic E-state index is 0.308. The number of aromatic nitrogens is 2. The molecule has 4 nitrogen and oxygen atoms in total. The summed E-state index contributed by atoms with van der Waals surface area (Å²) in [6.07, 6.45) is 11.5. The third-order valence-electron chi connectivity index (χ3n) is 3.38. The molecule has 100 valence electrons. The second-order valence-corrected chi connectivity index (χ2v) is 4.85. The first-order valence-electron chi connectivity index (χ1n) is 7.01. The maximum absolute atomic E-state index is 5.68. The fraction of sp³-hybridized carbons (Fsp3) is 0.714. The zero-order valence-electron chi connectivity index (χ0n) is 11.1. The number of rotatable bonds is 7. The number of hydrogen-bond donors (Lipinski definition) is 1. The number of hydrogen-bond acceptors (Lipinski definition) is 4. The van der Waals surface area contributed by atoms with Crippen LogP contribution in [0.4, 0.5) is 0 Å². The Morgan fingerprint density at radius 3 is 3.11 bits per heavy atom. The quantitative estimate of drug-likeness (QED) is 0.806. The molecule has 2 atom stereocenters. The van der Waals surface area contributed by atoms with Gasteiger partial charge in [-0.25, -0.2) is 0 Å². The van der Waals surface area contributed by atoms with E-state index in [1.54, 1.807) is 12.4 Å². The van der Waals surface area contributed by atoms with Crippen LogP contribution in [0.1, 0.15) is 50.8 Å². The molecule has 18 heavy (non-hydrogen) atoms. The highest BCUT2D eigenvalue weighted by Crippen LogP contribution is 2.22. The summed E-state index contributed by atoms with van der Waals surface area (Å²) in [6.45, 7) is 4.14. The van der Waals surface area contributed by atoms with Crippen molar-refractivity contribution in [1.82, 2.24) is 15.3 Å². The molecule has 2 rings (SSSR count). The van der Waals surface area contributed by atoms with Crippen molar-refractivity contribution < 1.29 is 4.74 Å². The Kier molecular flexibility index (Phi) is 5.55. The predicted molar refractivity (Wildman–Crippen MR) is 71.3 cm³/mol. The number of ether oxygens (including phenoxy) is 1. The van der Waals surface area contributed by atoms with Crippen LogP contribution in [-0.4, -0.2) is 29.2 Å². The summed E-state index contributed by atoms with van der Waals surface area (Å²) < 4.78 is 5.68. The van der Waals surface area contributed by atoms with E-state index in [4.69, 9.17) is 4.74 Å². The van der Waals surface area contributed by atoms with Crippen LogP contribution in [0.25, 0.3) is 0 Å². The Hall–Kier alpha value is -1.00. The Morgan fingerprint density at radius 2 is 2.44 bits per heavy atom. The third-order valence-corrected chi connectivity index (χ3v) is 3.38. The largest absolute Gasteiger partial charge is 0.378 e. The van der Waals surface area contributed by atoms with Crippen LogP contribution < -0.4 is 5.32 Å².